The Labute approximate surface area is 119 Å². The first kappa shape index (κ1) is 14.1. The maximum atomic E-state index is 13.7. The van der Waals surface area contributed by atoms with E-state index < -0.39 is 0 Å². The first-order valence-corrected chi connectivity index (χ1v) is 6.81. The molecular weight excluding hydrogens is 259 g/mol. The van der Waals surface area contributed by atoms with Gasteiger partial charge in [0.15, 0.2) is 0 Å². The zero-order chi connectivity index (χ0) is 14.2. The van der Waals surface area contributed by atoms with Gasteiger partial charge in [0.2, 0.25) is 0 Å². The number of aryl methyl sites for hydroxylation is 4. The first-order chi connectivity index (χ1) is 8.90. The Morgan fingerprint density at radius 2 is 1.32 bits per heavy atom. The van der Waals surface area contributed by atoms with Crippen LogP contribution in [0.4, 0.5) is 4.39 Å². The molecule has 2 aromatic rings. The molecule has 0 aliphatic carbocycles. The summed E-state index contributed by atoms with van der Waals surface area (Å²) in [5.41, 5.74) is 5.75. The zero-order valence-electron chi connectivity index (χ0n) is 11.7. The quantitative estimate of drug-likeness (QED) is 0.645. The van der Waals surface area contributed by atoms with E-state index in [0.29, 0.717) is 11.1 Å². The molecule has 2 heteroatoms. The Morgan fingerprint density at radius 1 is 0.789 bits per heavy atom. The van der Waals surface area contributed by atoms with Crippen molar-refractivity contribution in [3.05, 3.63) is 69.5 Å². The van der Waals surface area contributed by atoms with E-state index >= 15 is 0 Å². The molecule has 0 bridgehead atoms. The molecule has 2 aromatic carbocycles. The lowest BCUT2D eigenvalue weighted by Gasteiger charge is -2.14. The Hall–Kier alpha value is -1.34. The van der Waals surface area contributed by atoms with Crippen LogP contribution >= 0.6 is 11.6 Å². The molecule has 0 aromatic heterocycles. The molecule has 0 aliphatic rings. The molecule has 2 rings (SSSR count). The largest absolute Gasteiger partial charge is 0.206 e. The molecule has 0 saturated carbocycles. The Balaban J connectivity index is 2.43. The van der Waals surface area contributed by atoms with Crippen molar-refractivity contribution < 1.29 is 4.39 Å². The van der Waals surface area contributed by atoms with Gasteiger partial charge in [-0.3, -0.25) is 0 Å². The summed E-state index contributed by atoms with van der Waals surface area (Å²) in [5, 5.41) is -0.239. The van der Waals surface area contributed by atoms with E-state index in [9.17, 15) is 4.39 Å². The van der Waals surface area contributed by atoms with Crippen LogP contribution in [0.3, 0.4) is 0 Å². The molecule has 0 N–H and O–H groups in total. The van der Waals surface area contributed by atoms with E-state index in [1.165, 1.54) is 11.1 Å². The van der Waals surface area contributed by atoms with E-state index in [4.69, 9.17) is 11.6 Å². The summed E-state index contributed by atoms with van der Waals surface area (Å²) in [7, 11) is 0. The second-order valence-corrected chi connectivity index (χ2v) is 5.61. The van der Waals surface area contributed by atoms with Crippen molar-refractivity contribution >= 4 is 11.6 Å². The van der Waals surface area contributed by atoms with Gasteiger partial charge in [0, 0.05) is 0 Å². The van der Waals surface area contributed by atoms with Gasteiger partial charge in [-0.25, -0.2) is 4.39 Å². The fourth-order valence-corrected chi connectivity index (χ4v) is 2.50. The molecule has 19 heavy (non-hydrogen) atoms. The molecule has 0 radical (unpaired) electrons. The van der Waals surface area contributed by atoms with Gasteiger partial charge in [0.25, 0.3) is 0 Å². The molecule has 0 amide bonds. The van der Waals surface area contributed by atoms with E-state index in [2.05, 4.69) is 26.0 Å². The second kappa shape index (κ2) is 5.34. The van der Waals surface area contributed by atoms with Gasteiger partial charge < -0.3 is 0 Å². The summed E-state index contributed by atoms with van der Waals surface area (Å²) in [5.74, 6) is -0.146. The third-order valence-electron chi connectivity index (χ3n) is 3.58. The molecule has 0 nitrogen and oxygen atoms in total. The van der Waals surface area contributed by atoms with Crippen molar-refractivity contribution in [3.8, 4) is 0 Å². The molecule has 1 unspecified atom stereocenters. The van der Waals surface area contributed by atoms with E-state index in [0.717, 1.165) is 11.1 Å². The van der Waals surface area contributed by atoms with Gasteiger partial charge in [-0.15, -0.1) is 11.6 Å². The van der Waals surface area contributed by atoms with Crippen molar-refractivity contribution in [1.82, 2.24) is 0 Å². The van der Waals surface area contributed by atoms with Crippen molar-refractivity contribution in [3.63, 3.8) is 0 Å². The maximum Gasteiger partial charge on any atom is 0.129 e. The topological polar surface area (TPSA) is 0 Å². The van der Waals surface area contributed by atoms with Crippen molar-refractivity contribution in [2.24, 2.45) is 0 Å². The van der Waals surface area contributed by atoms with Crippen LogP contribution < -0.4 is 0 Å². The van der Waals surface area contributed by atoms with Gasteiger partial charge in [-0.05, 0) is 61.1 Å². The van der Waals surface area contributed by atoms with Crippen LogP contribution in [0.1, 0.15) is 38.8 Å². The highest BCUT2D eigenvalue weighted by Gasteiger charge is 2.14. The third-order valence-corrected chi connectivity index (χ3v) is 4.08. The summed E-state index contributed by atoms with van der Waals surface area (Å²) >= 11 is 6.53. The molecule has 100 valence electrons. The lowest BCUT2D eigenvalue weighted by molar-refractivity contribution is 0.608. The highest BCUT2D eigenvalue weighted by molar-refractivity contribution is 6.22. The van der Waals surface area contributed by atoms with Crippen LogP contribution in [0.5, 0.6) is 0 Å². The predicted molar refractivity (Wildman–Crippen MR) is 79.5 cm³/mol. The molecular formula is C17H18ClF. The van der Waals surface area contributed by atoms with Gasteiger partial charge >= 0.3 is 0 Å². The molecule has 1 atom stereocenters. The van der Waals surface area contributed by atoms with E-state index in [-0.39, 0.29) is 11.2 Å². The minimum absolute atomic E-state index is 0.146. The van der Waals surface area contributed by atoms with Crippen LogP contribution in [-0.4, -0.2) is 0 Å². The Morgan fingerprint density at radius 3 is 1.84 bits per heavy atom. The predicted octanol–water partition coefficient (Wildman–Crippen LogP) is 5.39. The summed E-state index contributed by atoms with van der Waals surface area (Å²) in [6, 6.07) is 9.86. The minimum atomic E-state index is -0.239. The summed E-state index contributed by atoms with van der Waals surface area (Å²) in [4.78, 5) is 0. The summed E-state index contributed by atoms with van der Waals surface area (Å²) < 4.78 is 13.7. The maximum absolute atomic E-state index is 13.7. The van der Waals surface area contributed by atoms with Crippen LogP contribution in [0, 0.1) is 33.5 Å². The monoisotopic (exact) mass is 276 g/mol. The van der Waals surface area contributed by atoms with Gasteiger partial charge in [-0.1, -0.05) is 30.3 Å². The number of alkyl halides is 1. The molecule has 0 aliphatic heterocycles. The fraction of sp³-hybridized carbons (Fsp3) is 0.294. The van der Waals surface area contributed by atoms with E-state index in [1.54, 1.807) is 13.8 Å². The van der Waals surface area contributed by atoms with Gasteiger partial charge in [0.1, 0.15) is 5.82 Å². The van der Waals surface area contributed by atoms with Crippen LogP contribution in [-0.2, 0) is 0 Å². The number of halogens is 2. The van der Waals surface area contributed by atoms with Gasteiger partial charge in [0.05, 0.1) is 5.38 Å². The number of benzene rings is 2. The molecule has 0 spiro atoms. The van der Waals surface area contributed by atoms with Crippen LogP contribution in [0.15, 0.2) is 30.3 Å². The lowest BCUT2D eigenvalue weighted by atomic mass is 9.97. The van der Waals surface area contributed by atoms with Crippen LogP contribution in [0.2, 0.25) is 0 Å². The van der Waals surface area contributed by atoms with Crippen LogP contribution in [0.25, 0.3) is 0 Å². The molecule has 0 fully saturated rings. The SMILES string of the molecule is Cc1ccc(C(Cl)c2cc(C)c(F)c(C)c2)cc1C. The normalized spacial score (nSPS) is 12.5. The summed E-state index contributed by atoms with van der Waals surface area (Å²) in [6.45, 7) is 7.70. The second-order valence-electron chi connectivity index (χ2n) is 5.17. The lowest BCUT2D eigenvalue weighted by Crippen LogP contribution is -1.98. The average Bonchev–Trinajstić information content (AvgIpc) is 2.37. The highest BCUT2D eigenvalue weighted by Crippen LogP contribution is 2.31. The fourth-order valence-electron chi connectivity index (χ4n) is 2.24. The Bertz CT molecular complexity index is 594. The number of hydrogen-bond acceptors (Lipinski definition) is 0. The molecule has 0 saturated heterocycles. The standard InChI is InChI=1S/C17H18ClF/c1-10-5-6-14(7-11(10)2)16(18)15-8-12(3)17(19)13(4)9-15/h5-9,16H,1-4H3. The highest BCUT2D eigenvalue weighted by atomic mass is 35.5. The Kier molecular flexibility index (Phi) is 3.96. The molecule has 0 heterocycles. The van der Waals surface area contributed by atoms with Crippen molar-refractivity contribution in [1.29, 1.82) is 0 Å². The van der Waals surface area contributed by atoms with Crippen molar-refractivity contribution in [2.75, 3.05) is 0 Å². The summed E-state index contributed by atoms with van der Waals surface area (Å²) in [6.07, 6.45) is 0. The minimum Gasteiger partial charge on any atom is -0.206 e. The number of rotatable bonds is 2. The number of hydrogen-bond donors (Lipinski definition) is 0. The van der Waals surface area contributed by atoms with Crippen molar-refractivity contribution in [2.45, 2.75) is 33.1 Å². The third kappa shape index (κ3) is 2.82. The first-order valence-electron chi connectivity index (χ1n) is 6.38. The zero-order valence-corrected chi connectivity index (χ0v) is 12.5. The van der Waals surface area contributed by atoms with E-state index in [1.807, 2.05) is 18.2 Å². The van der Waals surface area contributed by atoms with Gasteiger partial charge in [-0.2, -0.15) is 0 Å². The smallest absolute Gasteiger partial charge is 0.129 e. The average molecular weight is 277 g/mol.